The molecule has 0 aliphatic carbocycles. The fourth-order valence-electron chi connectivity index (χ4n) is 2.03. The fraction of sp³-hybridized carbons (Fsp3) is 0.385. The van der Waals surface area contributed by atoms with E-state index in [1.54, 1.807) is 0 Å². The summed E-state index contributed by atoms with van der Waals surface area (Å²) >= 11 is 0. The van der Waals surface area contributed by atoms with E-state index < -0.39 is 11.9 Å². The van der Waals surface area contributed by atoms with E-state index in [9.17, 15) is 14.0 Å². The van der Waals surface area contributed by atoms with Crippen molar-refractivity contribution in [1.29, 1.82) is 0 Å². The van der Waals surface area contributed by atoms with E-state index in [-0.39, 0.29) is 17.4 Å². The van der Waals surface area contributed by atoms with E-state index in [0.717, 1.165) is 6.07 Å². The van der Waals surface area contributed by atoms with Gasteiger partial charge in [-0.05, 0) is 18.2 Å². The van der Waals surface area contributed by atoms with Gasteiger partial charge in [0.2, 0.25) is 0 Å². The van der Waals surface area contributed by atoms with Gasteiger partial charge in [-0.25, -0.2) is 9.18 Å². The molecule has 0 unspecified atom stereocenters. The molecule has 1 amide bonds. The van der Waals surface area contributed by atoms with Crippen LogP contribution in [0.3, 0.4) is 0 Å². The van der Waals surface area contributed by atoms with Gasteiger partial charge in [0, 0.05) is 31.5 Å². The summed E-state index contributed by atoms with van der Waals surface area (Å²) in [5.41, 5.74) is 0.255. The van der Waals surface area contributed by atoms with E-state index in [0.29, 0.717) is 32.2 Å². The smallest absolute Gasteiger partial charge is 0.407 e. The Morgan fingerprint density at radius 1 is 1.42 bits per heavy atom. The van der Waals surface area contributed by atoms with Crippen LogP contribution in [0.4, 0.5) is 9.18 Å². The number of aldehydes is 1. The summed E-state index contributed by atoms with van der Waals surface area (Å²) in [5.74, 6) is -0.482. The quantitative estimate of drug-likeness (QED) is 0.852. The monoisotopic (exact) mass is 267 g/mol. The number of carboxylic acid groups (broad SMARTS) is 1. The van der Waals surface area contributed by atoms with E-state index >= 15 is 0 Å². The van der Waals surface area contributed by atoms with Crippen molar-refractivity contribution in [3.8, 4) is 5.75 Å². The van der Waals surface area contributed by atoms with Crippen molar-refractivity contribution in [2.24, 2.45) is 0 Å². The lowest BCUT2D eigenvalue weighted by Crippen LogP contribution is -2.41. The van der Waals surface area contributed by atoms with Gasteiger partial charge in [0.05, 0.1) is 0 Å². The number of ether oxygens (including phenoxy) is 1. The Labute approximate surface area is 109 Å². The van der Waals surface area contributed by atoms with Gasteiger partial charge in [0.1, 0.15) is 12.4 Å². The molecular formula is C13H14FNO4. The molecule has 1 aliphatic rings. The minimum atomic E-state index is -0.944. The maximum absolute atomic E-state index is 13.6. The molecule has 5 nitrogen and oxygen atoms in total. The lowest BCUT2D eigenvalue weighted by molar-refractivity contribution is 0.0872. The van der Waals surface area contributed by atoms with Crippen molar-refractivity contribution >= 4 is 12.4 Å². The molecular weight excluding hydrogens is 253 g/mol. The van der Waals surface area contributed by atoms with Gasteiger partial charge < -0.3 is 14.7 Å². The molecule has 0 spiro atoms. The minimum absolute atomic E-state index is 0.0966. The molecule has 0 saturated carbocycles. The molecule has 0 atom stereocenters. The highest BCUT2D eigenvalue weighted by atomic mass is 19.1. The molecule has 1 N–H and O–H groups in total. The number of rotatable bonds is 3. The number of carbonyl (C=O) groups excluding carboxylic acids is 1. The summed E-state index contributed by atoms with van der Waals surface area (Å²) in [4.78, 5) is 22.5. The van der Waals surface area contributed by atoms with Crippen LogP contribution in [0, 0.1) is 5.82 Å². The SMILES string of the molecule is O=Cc1ccc(OC2CCN(C(=O)O)CC2)c(F)c1. The Bertz CT molecular complexity index is 484. The second-order valence-electron chi connectivity index (χ2n) is 4.39. The van der Waals surface area contributed by atoms with E-state index in [2.05, 4.69) is 0 Å². The number of benzene rings is 1. The molecule has 1 heterocycles. The van der Waals surface area contributed by atoms with Crippen molar-refractivity contribution in [3.05, 3.63) is 29.6 Å². The first-order chi connectivity index (χ1) is 9.10. The lowest BCUT2D eigenvalue weighted by atomic mass is 10.1. The van der Waals surface area contributed by atoms with Crippen molar-refractivity contribution < 1.29 is 23.8 Å². The molecule has 1 fully saturated rings. The van der Waals surface area contributed by atoms with E-state index in [4.69, 9.17) is 9.84 Å². The topological polar surface area (TPSA) is 66.8 Å². The van der Waals surface area contributed by atoms with Crippen molar-refractivity contribution in [2.45, 2.75) is 18.9 Å². The van der Waals surface area contributed by atoms with Crippen LogP contribution in [-0.4, -0.2) is 41.6 Å². The van der Waals surface area contributed by atoms with Crippen molar-refractivity contribution in [2.75, 3.05) is 13.1 Å². The first-order valence-electron chi connectivity index (χ1n) is 5.99. The highest BCUT2D eigenvalue weighted by Crippen LogP contribution is 2.22. The zero-order valence-corrected chi connectivity index (χ0v) is 10.2. The molecule has 19 heavy (non-hydrogen) atoms. The highest BCUT2D eigenvalue weighted by Gasteiger charge is 2.24. The third kappa shape index (κ3) is 3.21. The number of likely N-dealkylation sites (tertiary alicyclic amines) is 1. The normalized spacial score (nSPS) is 16.2. The van der Waals surface area contributed by atoms with Crippen LogP contribution >= 0.6 is 0 Å². The van der Waals surface area contributed by atoms with Gasteiger partial charge >= 0.3 is 6.09 Å². The maximum Gasteiger partial charge on any atom is 0.407 e. The summed E-state index contributed by atoms with van der Waals surface area (Å²) in [7, 11) is 0. The van der Waals surface area contributed by atoms with Crippen LogP contribution in [-0.2, 0) is 0 Å². The predicted molar refractivity (Wildman–Crippen MR) is 65.0 cm³/mol. The number of nitrogens with zero attached hydrogens (tertiary/aromatic N) is 1. The van der Waals surface area contributed by atoms with Crippen LogP contribution < -0.4 is 4.74 Å². The lowest BCUT2D eigenvalue weighted by Gasteiger charge is -2.30. The Hall–Kier alpha value is -2.11. The summed E-state index contributed by atoms with van der Waals surface area (Å²) in [6, 6.07) is 4.02. The zero-order chi connectivity index (χ0) is 13.8. The van der Waals surface area contributed by atoms with Crippen LogP contribution in [0.25, 0.3) is 0 Å². The van der Waals surface area contributed by atoms with Gasteiger partial charge in [0.15, 0.2) is 11.6 Å². The average molecular weight is 267 g/mol. The summed E-state index contributed by atoms with van der Waals surface area (Å²) in [6.07, 6.45) is 0.479. The second kappa shape index (κ2) is 5.69. The van der Waals surface area contributed by atoms with Crippen LogP contribution in [0.15, 0.2) is 18.2 Å². The fourth-order valence-corrected chi connectivity index (χ4v) is 2.03. The Kier molecular flexibility index (Phi) is 3.99. The third-order valence-corrected chi connectivity index (χ3v) is 3.10. The molecule has 2 rings (SSSR count). The average Bonchev–Trinajstić information content (AvgIpc) is 2.41. The van der Waals surface area contributed by atoms with Gasteiger partial charge in [-0.3, -0.25) is 4.79 Å². The number of halogens is 1. The Morgan fingerprint density at radius 2 is 2.11 bits per heavy atom. The maximum atomic E-state index is 13.6. The number of hydrogen-bond acceptors (Lipinski definition) is 3. The van der Waals surface area contributed by atoms with Gasteiger partial charge in [0.25, 0.3) is 0 Å². The van der Waals surface area contributed by atoms with Gasteiger partial charge in [-0.2, -0.15) is 0 Å². The molecule has 1 aliphatic heterocycles. The molecule has 6 heteroatoms. The first kappa shape index (κ1) is 13.3. The number of hydrogen-bond donors (Lipinski definition) is 1. The van der Waals surface area contributed by atoms with Gasteiger partial charge in [-0.15, -0.1) is 0 Å². The molecule has 1 aromatic rings. The first-order valence-corrected chi connectivity index (χ1v) is 5.99. The van der Waals surface area contributed by atoms with E-state index in [1.807, 2.05) is 0 Å². The number of piperidine rings is 1. The van der Waals surface area contributed by atoms with Crippen LogP contribution in [0.1, 0.15) is 23.2 Å². The van der Waals surface area contributed by atoms with Crippen molar-refractivity contribution in [1.82, 2.24) is 4.90 Å². The number of amides is 1. The summed E-state index contributed by atoms with van der Waals surface area (Å²) in [6.45, 7) is 0.766. The molecule has 0 radical (unpaired) electrons. The van der Waals surface area contributed by atoms with Crippen LogP contribution in [0.5, 0.6) is 5.75 Å². The summed E-state index contributed by atoms with van der Waals surface area (Å²) < 4.78 is 19.1. The van der Waals surface area contributed by atoms with Crippen LogP contribution in [0.2, 0.25) is 0 Å². The molecule has 102 valence electrons. The molecule has 0 aromatic heterocycles. The largest absolute Gasteiger partial charge is 0.487 e. The highest BCUT2D eigenvalue weighted by molar-refractivity contribution is 5.75. The standard InChI is InChI=1S/C13H14FNO4/c14-11-7-9(8-16)1-2-12(11)19-10-3-5-15(6-4-10)13(17)18/h1-2,7-8,10H,3-6H2,(H,17,18). The van der Waals surface area contributed by atoms with Crippen molar-refractivity contribution in [3.63, 3.8) is 0 Å². The number of carbonyl (C=O) groups is 2. The Morgan fingerprint density at radius 3 is 2.63 bits per heavy atom. The van der Waals surface area contributed by atoms with E-state index in [1.165, 1.54) is 17.0 Å². The molecule has 1 aromatic carbocycles. The molecule has 0 bridgehead atoms. The predicted octanol–water partition coefficient (Wildman–Crippen LogP) is 2.16. The molecule has 1 saturated heterocycles. The minimum Gasteiger partial charge on any atom is -0.487 e. The summed E-state index contributed by atoms with van der Waals surface area (Å²) in [5, 5.41) is 8.81. The van der Waals surface area contributed by atoms with Gasteiger partial charge in [-0.1, -0.05) is 0 Å². The third-order valence-electron chi connectivity index (χ3n) is 3.10. The zero-order valence-electron chi connectivity index (χ0n) is 10.2. The Balaban J connectivity index is 1.95. The second-order valence-corrected chi connectivity index (χ2v) is 4.39.